The summed E-state index contributed by atoms with van der Waals surface area (Å²) in [4.78, 5) is 0. The number of hydrogen-bond donors (Lipinski definition) is 1. The Hall–Kier alpha value is -0.430. The van der Waals surface area contributed by atoms with Crippen LogP contribution in [-0.4, -0.2) is 30.9 Å². The van der Waals surface area contributed by atoms with Gasteiger partial charge in [0.05, 0.1) is 6.61 Å². The smallest absolute Gasteiger partial charge is 0.252 e. The summed E-state index contributed by atoms with van der Waals surface area (Å²) in [6, 6.07) is 1.58. The standard InChI is InChI=1S/C12H19NO3S2/c1-2-10-4-3-5-13(7-10)18(15,16)12-6-11(8-14)9-17-12/h6,9-10,14H,2-5,7-8H2,1H3. The van der Waals surface area contributed by atoms with Crippen molar-refractivity contribution in [2.24, 2.45) is 5.92 Å². The molecule has 18 heavy (non-hydrogen) atoms. The zero-order chi connectivity index (χ0) is 13.2. The third kappa shape index (κ3) is 2.77. The van der Waals surface area contributed by atoms with Crippen molar-refractivity contribution < 1.29 is 13.5 Å². The number of rotatable bonds is 4. The summed E-state index contributed by atoms with van der Waals surface area (Å²) in [6.45, 7) is 3.25. The monoisotopic (exact) mass is 289 g/mol. The molecule has 6 heteroatoms. The van der Waals surface area contributed by atoms with E-state index in [1.54, 1.807) is 15.8 Å². The second-order valence-electron chi connectivity index (χ2n) is 4.71. The van der Waals surface area contributed by atoms with Crippen LogP contribution in [-0.2, 0) is 16.6 Å². The quantitative estimate of drug-likeness (QED) is 0.923. The summed E-state index contributed by atoms with van der Waals surface area (Å²) in [6.07, 6.45) is 3.09. The third-order valence-electron chi connectivity index (χ3n) is 3.47. The Morgan fingerprint density at radius 1 is 1.56 bits per heavy atom. The molecule has 1 aliphatic rings. The van der Waals surface area contributed by atoms with Gasteiger partial charge < -0.3 is 5.11 Å². The minimum absolute atomic E-state index is 0.108. The highest BCUT2D eigenvalue weighted by atomic mass is 32.2. The normalized spacial score (nSPS) is 22.2. The maximum Gasteiger partial charge on any atom is 0.252 e. The number of aliphatic hydroxyl groups is 1. The Bertz CT molecular complexity index is 495. The van der Waals surface area contributed by atoms with Crippen LogP contribution in [0.4, 0.5) is 0 Å². The number of hydrogen-bond acceptors (Lipinski definition) is 4. The average Bonchev–Trinajstić information content (AvgIpc) is 2.88. The van der Waals surface area contributed by atoms with E-state index in [4.69, 9.17) is 5.11 Å². The van der Waals surface area contributed by atoms with Crippen LogP contribution in [0.1, 0.15) is 31.7 Å². The predicted molar refractivity (Wildman–Crippen MR) is 72.0 cm³/mol. The van der Waals surface area contributed by atoms with Gasteiger partial charge in [0, 0.05) is 13.1 Å². The zero-order valence-corrected chi connectivity index (χ0v) is 12.1. The molecule has 0 bridgehead atoms. The molecule has 0 aromatic carbocycles. The summed E-state index contributed by atoms with van der Waals surface area (Å²) in [7, 11) is -3.35. The minimum atomic E-state index is -3.35. The Morgan fingerprint density at radius 2 is 2.33 bits per heavy atom. The van der Waals surface area contributed by atoms with Crippen molar-refractivity contribution in [3.63, 3.8) is 0 Å². The van der Waals surface area contributed by atoms with Crippen LogP contribution < -0.4 is 0 Å². The minimum Gasteiger partial charge on any atom is -0.392 e. The molecular weight excluding hydrogens is 270 g/mol. The summed E-state index contributed by atoms with van der Waals surface area (Å²) in [5, 5.41) is 10.7. The molecule has 102 valence electrons. The molecule has 0 spiro atoms. The summed E-state index contributed by atoms with van der Waals surface area (Å²) in [5.74, 6) is 0.478. The maximum absolute atomic E-state index is 12.4. The molecule has 0 aliphatic carbocycles. The fourth-order valence-corrected chi connectivity index (χ4v) is 5.18. The molecule has 1 aliphatic heterocycles. The van der Waals surface area contributed by atoms with E-state index in [1.165, 1.54) is 11.3 Å². The molecule has 0 saturated carbocycles. The predicted octanol–water partition coefficient (Wildman–Crippen LogP) is 2.05. The molecular formula is C12H19NO3S2. The molecule has 1 saturated heterocycles. The van der Waals surface area contributed by atoms with Gasteiger partial charge in [0.2, 0.25) is 0 Å². The van der Waals surface area contributed by atoms with Crippen molar-refractivity contribution >= 4 is 21.4 Å². The average molecular weight is 289 g/mol. The van der Waals surface area contributed by atoms with Gasteiger partial charge in [0.15, 0.2) is 0 Å². The highest BCUT2D eigenvalue weighted by Crippen LogP contribution is 2.28. The molecule has 0 radical (unpaired) electrons. The lowest BCUT2D eigenvalue weighted by Crippen LogP contribution is -2.39. The van der Waals surface area contributed by atoms with Crippen molar-refractivity contribution in [2.75, 3.05) is 13.1 Å². The van der Waals surface area contributed by atoms with Crippen LogP contribution in [0.5, 0.6) is 0 Å². The van der Waals surface area contributed by atoms with E-state index in [2.05, 4.69) is 6.92 Å². The van der Waals surface area contributed by atoms with Crippen molar-refractivity contribution in [1.29, 1.82) is 0 Å². The summed E-state index contributed by atoms with van der Waals surface area (Å²) in [5.41, 5.74) is 0.669. The van der Waals surface area contributed by atoms with Crippen LogP contribution >= 0.6 is 11.3 Å². The highest BCUT2D eigenvalue weighted by Gasteiger charge is 2.30. The number of sulfonamides is 1. The molecule has 2 heterocycles. The molecule has 1 fully saturated rings. The fraction of sp³-hybridized carbons (Fsp3) is 0.667. The SMILES string of the molecule is CCC1CCCN(S(=O)(=O)c2cc(CO)cs2)C1. The summed E-state index contributed by atoms with van der Waals surface area (Å²) < 4.78 is 26.8. The van der Waals surface area contributed by atoms with Crippen molar-refractivity contribution in [3.8, 4) is 0 Å². The van der Waals surface area contributed by atoms with E-state index in [0.717, 1.165) is 19.3 Å². The molecule has 4 nitrogen and oxygen atoms in total. The molecule has 1 aromatic heterocycles. The van der Waals surface area contributed by atoms with E-state index in [1.807, 2.05) is 0 Å². The van der Waals surface area contributed by atoms with Crippen LogP contribution in [0.25, 0.3) is 0 Å². The number of nitrogens with zero attached hydrogens (tertiary/aromatic N) is 1. The van der Waals surface area contributed by atoms with Gasteiger partial charge in [-0.3, -0.25) is 0 Å². The first kappa shape index (κ1) is 14.0. The van der Waals surface area contributed by atoms with Crippen molar-refractivity contribution in [1.82, 2.24) is 4.31 Å². The van der Waals surface area contributed by atoms with Crippen LogP contribution in [0.15, 0.2) is 15.7 Å². The molecule has 1 unspecified atom stereocenters. The molecule has 1 atom stereocenters. The lowest BCUT2D eigenvalue weighted by molar-refractivity contribution is 0.262. The Kier molecular flexibility index (Phi) is 4.42. The van der Waals surface area contributed by atoms with Gasteiger partial charge in [-0.15, -0.1) is 11.3 Å². The van der Waals surface area contributed by atoms with Gasteiger partial charge in [-0.25, -0.2) is 8.42 Å². The van der Waals surface area contributed by atoms with E-state index >= 15 is 0 Å². The Labute approximate surface area is 112 Å². The molecule has 1 aromatic rings. The topological polar surface area (TPSA) is 57.6 Å². The van der Waals surface area contributed by atoms with E-state index in [9.17, 15) is 8.42 Å². The lowest BCUT2D eigenvalue weighted by atomic mass is 9.97. The van der Waals surface area contributed by atoms with Gasteiger partial charge in [-0.1, -0.05) is 13.3 Å². The Morgan fingerprint density at radius 3 is 2.94 bits per heavy atom. The van der Waals surface area contributed by atoms with Gasteiger partial charge >= 0.3 is 0 Å². The van der Waals surface area contributed by atoms with E-state index in [0.29, 0.717) is 28.8 Å². The maximum atomic E-state index is 12.4. The third-order valence-corrected chi connectivity index (χ3v) is 6.79. The second kappa shape index (κ2) is 5.69. The number of aliphatic hydroxyl groups excluding tert-OH is 1. The first-order chi connectivity index (χ1) is 8.57. The molecule has 0 amide bonds. The molecule has 1 N–H and O–H groups in total. The Balaban J connectivity index is 2.19. The first-order valence-electron chi connectivity index (χ1n) is 6.26. The second-order valence-corrected chi connectivity index (χ2v) is 7.79. The first-order valence-corrected chi connectivity index (χ1v) is 8.58. The zero-order valence-electron chi connectivity index (χ0n) is 10.5. The van der Waals surface area contributed by atoms with Crippen molar-refractivity contribution in [3.05, 3.63) is 17.0 Å². The van der Waals surface area contributed by atoms with Gasteiger partial charge in [-0.2, -0.15) is 4.31 Å². The molecule has 2 rings (SSSR count). The largest absolute Gasteiger partial charge is 0.392 e. The number of piperidine rings is 1. The van der Waals surface area contributed by atoms with E-state index in [-0.39, 0.29) is 6.61 Å². The lowest BCUT2D eigenvalue weighted by Gasteiger charge is -2.30. The van der Waals surface area contributed by atoms with Crippen molar-refractivity contribution in [2.45, 2.75) is 37.0 Å². The van der Waals surface area contributed by atoms with Crippen LogP contribution in [0, 0.1) is 5.92 Å². The fourth-order valence-electron chi connectivity index (χ4n) is 2.28. The van der Waals surface area contributed by atoms with Crippen LogP contribution in [0.3, 0.4) is 0 Å². The van der Waals surface area contributed by atoms with Gasteiger partial charge in [0.25, 0.3) is 10.0 Å². The van der Waals surface area contributed by atoms with Gasteiger partial charge in [0.1, 0.15) is 4.21 Å². The number of thiophene rings is 1. The summed E-state index contributed by atoms with van der Waals surface area (Å²) >= 11 is 1.19. The van der Waals surface area contributed by atoms with E-state index < -0.39 is 10.0 Å². The highest BCUT2D eigenvalue weighted by molar-refractivity contribution is 7.91. The van der Waals surface area contributed by atoms with Gasteiger partial charge in [-0.05, 0) is 35.8 Å². The van der Waals surface area contributed by atoms with Crippen LogP contribution in [0.2, 0.25) is 0 Å².